The van der Waals surface area contributed by atoms with E-state index in [1.807, 2.05) is 0 Å². The van der Waals surface area contributed by atoms with E-state index in [1.165, 1.54) is 12.1 Å². The van der Waals surface area contributed by atoms with Gasteiger partial charge in [-0.15, -0.1) is 0 Å². The lowest BCUT2D eigenvalue weighted by molar-refractivity contribution is -0.384. The molecule has 2 N–H and O–H groups in total. The Bertz CT molecular complexity index is 975. The Morgan fingerprint density at radius 1 is 1.11 bits per heavy atom. The van der Waals surface area contributed by atoms with Crippen molar-refractivity contribution in [3.8, 4) is 0 Å². The number of nitro groups is 1. The molecule has 0 aliphatic heterocycles. The molecule has 0 spiro atoms. The van der Waals surface area contributed by atoms with Gasteiger partial charge in [0.1, 0.15) is 17.3 Å². The second-order valence-corrected chi connectivity index (χ2v) is 7.56. The van der Waals surface area contributed by atoms with Crippen LogP contribution in [0.15, 0.2) is 41.3 Å². The van der Waals surface area contributed by atoms with Crippen LogP contribution in [0, 0.1) is 21.7 Å². The van der Waals surface area contributed by atoms with Crippen LogP contribution in [0.4, 0.5) is 20.2 Å². The second kappa shape index (κ2) is 8.08. The fourth-order valence-electron chi connectivity index (χ4n) is 2.20. The van der Waals surface area contributed by atoms with Gasteiger partial charge >= 0.3 is 0 Å². The maximum absolute atomic E-state index is 13.1. The standard InChI is InChI=1S/C16H15F2N3O5S/c1-27(25,26)13-2-3-14(15(9-13)21(23)24)19-4-5-20-16(22)10-6-11(17)8-12(18)7-10/h2-3,6-9,19H,4-5H2,1H3,(H,20,22). The molecule has 0 saturated heterocycles. The highest BCUT2D eigenvalue weighted by molar-refractivity contribution is 7.90. The summed E-state index contributed by atoms with van der Waals surface area (Å²) in [5.74, 6) is -2.49. The van der Waals surface area contributed by atoms with E-state index < -0.39 is 38.0 Å². The molecule has 0 aromatic heterocycles. The van der Waals surface area contributed by atoms with Crippen LogP contribution in [0.2, 0.25) is 0 Å². The Morgan fingerprint density at radius 3 is 2.30 bits per heavy atom. The molecule has 0 aliphatic carbocycles. The normalized spacial score (nSPS) is 11.1. The van der Waals surface area contributed by atoms with Gasteiger partial charge in [0.05, 0.1) is 9.82 Å². The van der Waals surface area contributed by atoms with Crippen molar-refractivity contribution in [3.05, 3.63) is 63.7 Å². The number of amides is 1. The zero-order valence-electron chi connectivity index (χ0n) is 14.0. The van der Waals surface area contributed by atoms with Gasteiger partial charge in [-0.1, -0.05) is 0 Å². The third-order valence-electron chi connectivity index (χ3n) is 3.44. The first-order valence-electron chi connectivity index (χ1n) is 7.54. The molecule has 0 atom stereocenters. The Hall–Kier alpha value is -3.08. The van der Waals surface area contributed by atoms with Crippen LogP contribution in [-0.2, 0) is 9.84 Å². The average Bonchev–Trinajstić information content (AvgIpc) is 2.56. The molecule has 2 aromatic carbocycles. The molecule has 0 heterocycles. The smallest absolute Gasteiger partial charge is 0.293 e. The van der Waals surface area contributed by atoms with Gasteiger partial charge < -0.3 is 10.6 Å². The van der Waals surface area contributed by atoms with Gasteiger partial charge in [-0.25, -0.2) is 17.2 Å². The first-order valence-corrected chi connectivity index (χ1v) is 9.44. The number of carbonyl (C=O) groups is 1. The molecule has 0 radical (unpaired) electrons. The van der Waals surface area contributed by atoms with Crippen molar-refractivity contribution in [1.29, 1.82) is 0 Å². The molecular weight excluding hydrogens is 384 g/mol. The van der Waals surface area contributed by atoms with Crippen molar-refractivity contribution < 1.29 is 26.9 Å². The summed E-state index contributed by atoms with van der Waals surface area (Å²) in [7, 11) is -3.60. The molecule has 27 heavy (non-hydrogen) atoms. The lowest BCUT2D eigenvalue weighted by atomic mass is 10.2. The van der Waals surface area contributed by atoms with Crippen LogP contribution >= 0.6 is 0 Å². The summed E-state index contributed by atoms with van der Waals surface area (Å²) in [6.45, 7) is 0.0601. The number of anilines is 1. The molecule has 144 valence electrons. The van der Waals surface area contributed by atoms with Crippen molar-refractivity contribution in [1.82, 2.24) is 5.32 Å². The zero-order chi connectivity index (χ0) is 20.2. The van der Waals surface area contributed by atoms with Crippen LogP contribution in [0.1, 0.15) is 10.4 Å². The quantitative estimate of drug-likeness (QED) is 0.418. The van der Waals surface area contributed by atoms with E-state index in [0.29, 0.717) is 6.07 Å². The number of hydrogen-bond acceptors (Lipinski definition) is 6. The van der Waals surface area contributed by atoms with E-state index in [4.69, 9.17) is 0 Å². The van der Waals surface area contributed by atoms with E-state index in [1.54, 1.807) is 0 Å². The highest BCUT2D eigenvalue weighted by atomic mass is 32.2. The third kappa shape index (κ3) is 5.45. The van der Waals surface area contributed by atoms with Crippen LogP contribution in [0.3, 0.4) is 0 Å². The number of carbonyl (C=O) groups excluding carboxylic acids is 1. The predicted molar refractivity (Wildman–Crippen MR) is 93.4 cm³/mol. The Kier molecular flexibility index (Phi) is 6.05. The summed E-state index contributed by atoms with van der Waals surface area (Å²) in [5, 5.41) is 16.2. The molecule has 0 bridgehead atoms. The summed E-state index contributed by atoms with van der Waals surface area (Å²) >= 11 is 0. The highest BCUT2D eigenvalue weighted by Crippen LogP contribution is 2.27. The molecule has 0 saturated carbocycles. The van der Waals surface area contributed by atoms with Gasteiger partial charge in [-0.2, -0.15) is 0 Å². The number of nitrogens with one attached hydrogen (secondary N) is 2. The average molecular weight is 399 g/mol. The van der Waals surface area contributed by atoms with Gasteiger partial charge in [0.25, 0.3) is 11.6 Å². The van der Waals surface area contributed by atoms with Gasteiger partial charge in [0.15, 0.2) is 9.84 Å². The number of sulfone groups is 1. The Labute approximate surface area is 153 Å². The number of nitro benzene ring substituents is 1. The maximum Gasteiger partial charge on any atom is 0.293 e. The van der Waals surface area contributed by atoms with Crippen molar-refractivity contribution in [3.63, 3.8) is 0 Å². The predicted octanol–water partition coefficient (Wildman–Crippen LogP) is 2.12. The summed E-state index contributed by atoms with van der Waals surface area (Å²) in [5.41, 5.74) is -0.564. The molecule has 1 amide bonds. The molecule has 0 fully saturated rings. The molecular formula is C16H15F2N3O5S. The van der Waals surface area contributed by atoms with Crippen molar-refractivity contribution in [2.45, 2.75) is 4.90 Å². The maximum atomic E-state index is 13.1. The van der Waals surface area contributed by atoms with Crippen LogP contribution in [-0.4, -0.2) is 38.6 Å². The zero-order valence-corrected chi connectivity index (χ0v) is 14.8. The fourth-order valence-corrected chi connectivity index (χ4v) is 2.84. The molecule has 0 aliphatic rings. The van der Waals surface area contributed by atoms with Crippen LogP contribution in [0.25, 0.3) is 0 Å². The minimum atomic E-state index is -3.60. The van der Waals surface area contributed by atoms with E-state index in [9.17, 15) is 32.1 Å². The van der Waals surface area contributed by atoms with Crippen molar-refractivity contribution >= 4 is 27.1 Å². The van der Waals surface area contributed by atoms with E-state index in [0.717, 1.165) is 24.5 Å². The minimum Gasteiger partial charge on any atom is -0.378 e. The Morgan fingerprint density at radius 2 is 1.74 bits per heavy atom. The number of benzene rings is 2. The fraction of sp³-hybridized carbons (Fsp3) is 0.188. The van der Waals surface area contributed by atoms with Gasteiger partial charge in [0.2, 0.25) is 0 Å². The lowest BCUT2D eigenvalue weighted by Crippen LogP contribution is -2.29. The number of rotatable bonds is 7. The second-order valence-electron chi connectivity index (χ2n) is 5.55. The molecule has 8 nitrogen and oxygen atoms in total. The summed E-state index contributed by atoms with van der Waals surface area (Å²) in [6, 6.07) is 5.79. The first kappa shape index (κ1) is 20.2. The van der Waals surface area contributed by atoms with E-state index in [-0.39, 0.29) is 29.2 Å². The van der Waals surface area contributed by atoms with Gasteiger partial charge in [-0.3, -0.25) is 14.9 Å². The topological polar surface area (TPSA) is 118 Å². The van der Waals surface area contributed by atoms with Crippen LogP contribution in [0.5, 0.6) is 0 Å². The van der Waals surface area contributed by atoms with Gasteiger partial charge in [-0.05, 0) is 24.3 Å². The summed E-state index contributed by atoms with van der Waals surface area (Å²) in [6.07, 6.45) is 0.934. The van der Waals surface area contributed by atoms with Crippen molar-refractivity contribution in [2.75, 3.05) is 24.7 Å². The van der Waals surface area contributed by atoms with E-state index in [2.05, 4.69) is 10.6 Å². The first-order chi connectivity index (χ1) is 12.6. The van der Waals surface area contributed by atoms with E-state index >= 15 is 0 Å². The lowest BCUT2D eigenvalue weighted by Gasteiger charge is -2.09. The molecule has 0 unspecified atom stereocenters. The number of hydrogen-bond donors (Lipinski definition) is 2. The molecule has 2 rings (SSSR count). The molecule has 11 heteroatoms. The highest BCUT2D eigenvalue weighted by Gasteiger charge is 2.18. The monoisotopic (exact) mass is 399 g/mol. The molecule has 2 aromatic rings. The SMILES string of the molecule is CS(=O)(=O)c1ccc(NCCNC(=O)c2cc(F)cc(F)c2)c([N+](=O)[O-])c1. The van der Waals surface area contributed by atoms with Gasteiger partial charge in [0, 0.05) is 37.0 Å². The van der Waals surface area contributed by atoms with Crippen molar-refractivity contribution in [2.24, 2.45) is 0 Å². The van der Waals surface area contributed by atoms with Crippen LogP contribution < -0.4 is 10.6 Å². The third-order valence-corrected chi connectivity index (χ3v) is 4.56. The summed E-state index contributed by atoms with van der Waals surface area (Å²) < 4.78 is 49.2. The Balaban J connectivity index is 2.00. The number of nitrogens with zero attached hydrogens (tertiary/aromatic N) is 1. The number of halogens is 2. The minimum absolute atomic E-state index is 0.00193. The largest absolute Gasteiger partial charge is 0.378 e. The summed E-state index contributed by atoms with van der Waals surface area (Å²) in [4.78, 5) is 22.0.